The highest BCUT2D eigenvalue weighted by Gasteiger charge is 2.27. The number of nitriles is 1. The van der Waals surface area contributed by atoms with Gasteiger partial charge in [0.05, 0.1) is 23.7 Å². The van der Waals surface area contributed by atoms with Gasteiger partial charge in [-0.15, -0.1) is 0 Å². The molecule has 0 saturated carbocycles. The van der Waals surface area contributed by atoms with Crippen LogP contribution in [0.4, 0.5) is 0 Å². The number of ether oxygens (including phenoxy) is 1. The van der Waals surface area contributed by atoms with Gasteiger partial charge < -0.3 is 9.64 Å². The van der Waals surface area contributed by atoms with Crippen LogP contribution in [-0.2, 0) is 0 Å². The summed E-state index contributed by atoms with van der Waals surface area (Å²) >= 11 is 0. The number of piperidine rings is 1. The first-order valence-electron chi connectivity index (χ1n) is 9.43. The molecule has 1 aromatic carbocycles. The lowest BCUT2D eigenvalue weighted by Crippen LogP contribution is -2.44. The molecule has 144 valence electrons. The van der Waals surface area contributed by atoms with Gasteiger partial charge in [-0.25, -0.2) is 15.0 Å². The molecule has 0 aliphatic carbocycles. The van der Waals surface area contributed by atoms with Crippen LogP contribution in [-0.4, -0.2) is 45.0 Å². The van der Waals surface area contributed by atoms with Gasteiger partial charge in [0, 0.05) is 36.8 Å². The van der Waals surface area contributed by atoms with Gasteiger partial charge >= 0.3 is 0 Å². The minimum atomic E-state index is -0.172. The van der Waals surface area contributed by atoms with E-state index in [4.69, 9.17) is 10.00 Å². The first kappa shape index (κ1) is 18.6. The molecule has 0 unspecified atom stereocenters. The molecule has 1 aliphatic heterocycles. The quantitative estimate of drug-likeness (QED) is 0.685. The standard InChI is InChI=1S/C22H19N5O2/c23-14-16-8-11-24-20(13-16)29-17-5-3-12-27(15-17)22(28)19-7-2-1-6-18(19)21-25-9-4-10-26-21/h1-2,4,6-11,13,17H,3,5,12,15H2/t17-/m1/s1. The maximum absolute atomic E-state index is 13.2. The summed E-state index contributed by atoms with van der Waals surface area (Å²) in [7, 11) is 0. The molecule has 7 heteroatoms. The number of hydrogen-bond donors (Lipinski definition) is 0. The minimum absolute atomic E-state index is 0.0694. The van der Waals surface area contributed by atoms with E-state index >= 15 is 0 Å². The van der Waals surface area contributed by atoms with E-state index in [0.29, 0.717) is 41.5 Å². The van der Waals surface area contributed by atoms with Crippen molar-refractivity contribution in [2.75, 3.05) is 13.1 Å². The van der Waals surface area contributed by atoms with Crippen LogP contribution in [0.2, 0.25) is 0 Å². The SMILES string of the molecule is N#Cc1ccnc(O[C@@H]2CCCN(C(=O)c3ccccc3-c3ncccn3)C2)c1. The predicted molar refractivity (Wildman–Crippen MR) is 106 cm³/mol. The van der Waals surface area contributed by atoms with Crippen LogP contribution in [0.15, 0.2) is 61.1 Å². The first-order chi connectivity index (χ1) is 14.2. The molecule has 3 aromatic rings. The van der Waals surface area contributed by atoms with Crippen LogP contribution in [0, 0.1) is 11.3 Å². The largest absolute Gasteiger partial charge is 0.472 e. The zero-order valence-electron chi connectivity index (χ0n) is 15.7. The van der Waals surface area contributed by atoms with Crippen molar-refractivity contribution in [3.63, 3.8) is 0 Å². The van der Waals surface area contributed by atoms with Gasteiger partial charge in [0.1, 0.15) is 6.10 Å². The molecule has 0 spiro atoms. The third-order valence-electron chi connectivity index (χ3n) is 4.78. The number of carbonyl (C=O) groups excluding carboxylic acids is 1. The summed E-state index contributed by atoms with van der Waals surface area (Å²) in [6.07, 6.45) is 6.36. The van der Waals surface area contributed by atoms with Crippen molar-refractivity contribution in [2.24, 2.45) is 0 Å². The summed E-state index contributed by atoms with van der Waals surface area (Å²) in [5.41, 5.74) is 1.78. The van der Waals surface area contributed by atoms with Crippen molar-refractivity contribution in [2.45, 2.75) is 18.9 Å². The number of carbonyl (C=O) groups is 1. The first-order valence-corrected chi connectivity index (χ1v) is 9.43. The van der Waals surface area contributed by atoms with Crippen molar-refractivity contribution >= 4 is 5.91 Å². The number of aromatic nitrogens is 3. The van der Waals surface area contributed by atoms with Gasteiger partial charge in [-0.2, -0.15) is 5.26 Å². The Balaban J connectivity index is 1.52. The molecule has 0 N–H and O–H groups in total. The molecule has 4 rings (SSSR count). The monoisotopic (exact) mass is 385 g/mol. The van der Waals surface area contributed by atoms with Gasteiger partial charge in [-0.1, -0.05) is 18.2 Å². The Hall–Kier alpha value is -3.79. The molecule has 1 atom stereocenters. The number of likely N-dealkylation sites (tertiary alicyclic amines) is 1. The predicted octanol–water partition coefficient (Wildman–Crippen LogP) is 3.09. The highest BCUT2D eigenvalue weighted by molar-refractivity contribution is 6.00. The highest BCUT2D eigenvalue weighted by Crippen LogP contribution is 2.24. The van der Waals surface area contributed by atoms with Crippen molar-refractivity contribution in [1.82, 2.24) is 19.9 Å². The smallest absolute Gasteiger partial charge is 0.254 e. The molecule has 0 bridgehead atoms. The summed E-state index contributed by atoms with van der Waals surface area (Å²) in [5.74, 6) is 0.861. The Bertz CT molecular complexity index is 1050. The van der Waals surface area contributed by atoms with Crippen LogP contribution in [0.25, 0.3) is 11.4 Å². The fraction of sp³-hybridized carbons (Fsp3) is 0.227. The Kier molecular flexibility index (Phi) is 5.43. The molecule has 1 aliphatic rings. The second-order valence-electron chi connectivity index (χ2n) is 6.75. The molecule has 3 heterocycles. The summed E-state index contributed by atoms with van der Waals surface area (Å²) in [6, 6.07) is 14.4. The number of nitrogens with zero attached hydrogens (tertiary/aromatic N) is 5. The summed E-state index contributed by atoms with van der Waals surface area (Å²) in [5, 5.41) is 9.03. The molecular weight excluding hydrogens is 366 g/mol. The lowest BCUT2D eigenvalue weighted by Gasteiger charge is -2.33. The average molecular weight is 385 g/mol. The Morgan fingerprint density at radius 3 is 2.76 bits per heavy atom. The van der Waals surface area contributed by atoms with Crippen LogP contribution in [0.1, 0.15) is 28.8 Å². The van der Waals surface area contributed by atoms with Crippen molar-refractivity contribution in [3.8, 4) is 23.3 Å². The second-order valence-corrected chi connectivity index (χ2v) is 6.75. The van der Waals surface area contributed by atoms with E-state index in [-0.39, 0.29) is 12.0 Å². The number of amides is 1. The van der Waals surface area contributed by atoms with Gasteiger partial charge in [0.25, 0.3) is 5.91 Å². The number of pyridine rings is 1. The van der Waals surface area contributed by atoms with Crippen LogP contribution in [0.3, 0.4) is 0 Å². The molecule has 0 radical (unpaired) electrons. The number of rotatable bonds is 4. The van der Waals surface area contributed by atoms with Gasteiger partial charge in [0.2, 0.25) is 5.88 Å². The zero-order valence-corrected chi connectivity index (χ0v) is 15.7. The molecule has 7 nitrogen and oxygen atoms in total. The highest BCUT2D eigenvalue weighted by atomic mass is 16.5. The third-order valence-corrected chi connectivity index (χ3v) is 4.78. The van der Waals surface area contributed by atoms with Crippen molar-refractivity contribution in [1.29, 1.82) is 5.26 Å². The molecule has 1 fully saturated rings. The van der Waals surface area contributed by atoms with E-state index in [0.717, 1.165) is 12.8 Å². The van der Waals surface area contributed by atoms with E-state index in [9.17, 15) is 4.79 Å². The van der Waals surface area contributed by atoms with Crippen LogP contribution in [0.5, 0.6) is 5.88 Å². The Morgan fingerprint density at radius 2 is 1.93 bits per heavy atom. The summed E-state index contributed by atoms with van der Waals surface area (Å²) < 4.78 is 5.95. The normalized spacial score (nSPS) is 16.1. The lowest BCUT2D eigenvalue weighted by atomic mass is 10.0. The van der Waals surface area contributed by atoms with E-state index in [1.54, 1.807) is 47.8 Å². The number of benzene rings is 1. The minimum Gasteiger partial charge on any atom is -0.472 e. The van der Waals surface area contributed by atoms with Gasteiger partial charge in [-0.05, 0) is 31.0 Å². The molecule has 1 saturated heterocycles. The fourth-order valence-electron chi connectivity index (χ4n) is 3.41. The second kappa shape index (κ2) is 8.48. The summed E-state index contributed by atoms with van der Waals surface area (Å²) in [6.45, 7) is 1.12. The topological polar surface area (TPSA) is 92.0 Å². The fourth-order valence-corrected chi connectivity index (χ4v) is 3.41. The lowest BCUT2D eigenvalue weighted by molar-refractivity contribution is 0.0528. The number of hydrogen-bond acceptors (Lipinski definition) is 6. The average Bonchev–Trinajstić information content (AvgIpc) is 2.79. The Labute approximate surface area is 168 Å². The Morgan fingerprint density at radius 1 is 1.10 bits per heavy atom. The van der Waals surface area contributed by atoms with E-state index in [1.165, 1.54) is 0 Å². The molecule has 29 heavy (non-hydrogen) atoms. The van der Waals surface area contributed by atoms with Crippen LogP contribution >= 0.6 is 0 Å². The maximum atomic E-state index is 13.2. The molecule has 2 aromatic heterocycles. The summed E-state index contributed by atoms with van der Waals surface area (Å²) in [4.78, 5) is 27.8. The van der Waals surface area contributed by atoms with E-state index < -0.39 is 0 Å². The van der Waals surface area contributed by atoms with E-state index in [2.05, 4.69) is 21.0 Å². The van der Waals surface area contributed by atoms with E-state index in [1.807, 2.05) is 18.2 Å². The van der Waals surface area contributed by atoms with Gasteiger partial charge in [-0.3, -0.25) is 4.79 Å². The van der Waals surface area contributed by atoms with Gasteiger partial charge in [0.15, 0.2) is 5.82 Å². The van der Waals surface area contributed by atoms with Crippen molar-refractivity contribution < 1.29 is 9.53 Å². The maximum Gasteiger partial charge on any atom is 0.254 e. The zero-order chi connectivity index (χ0) is 20.1. The van der Waals surface area contributed by atoms with Crippen LogP contribution < -0.4 is 4.74 Å². The third kappa shape index (κ3) is 4.22. The molecular formula is C22H19N5O2. The van der Waals surface area contributed by atoms with Crippen molar-refractivity contribution in [3.05, 3.63) is 72.2 Å². The molecule has 1 amide bonds.